The van der Waals surface area contributed by atoms with Crippen LogP contribution in [-0.2, 0) is 14.3 Å². The zero-order chi connectivity index (χ0) is 12.3. The van der Waals surface area contributed by atoms with Gasteiger partial charge in [0.2, 0.25) is 6.29 Å². The third-order valence-corrected chi connectivity index (χ3v) is 2.55. The lowest BCUT2D eigenvalue weighted by molar-refractivity contribution is -0.205. The van der Waals surface area contributed by atoms with Gasteiger partial charge < -0.3 is 9.47 Å². The molecule has 0 aromatic rings. The molecule has 0 amide bonds. The summed E-state index contributed by atoms with van der Waals surface area (Å²) in [5.74, 6) is 0.624. The molecule has 0 aliphatic carbocycles. The van der Waals surface area contributed by atoms with Crippen LogP contribution in [0.25, 0.3) is 0 Å². The lowest BCUT2D eigenvalue weighted by Gasteiger charge is -2.32. The van der Waals surface area contributed by atoms with E-state index in [1.807, 2.05) is 0 Å². The molecule has 0 N–H and O–H groups in total. The molecule has 3 heteroatoms. The summed E-state index contributed by atoms with van der Waals surface area (Å²) < 4.78 is 10.9. The molecular formula is C13H22O3. The van der Waals surface area contributed by atoms with Gasteiger partial charge in [0.25, 0.3) is 0 Å². The smallest absolute Gasteiger partial charge is 0.338 e. The van der Waals surface area contributed by atoms with Crippen LogP contribution in [0.15, 0.2) is 12.2 Å². The van der Waals surface area contributed by atoms with E-state index in [0.29, 0.717) is 17.4 Å². The van der Waals surface area contributed by atoms with Crippen molar-refractivity contribution in [3.05, 3.63) is 12.2 Å². The highest BCUT2D eigenvalue weighted by Crippen LogP contribution is 2.26. The average molecular weight is 226 g/mol. The molecule has 0 saturated carbocycles. The van der Waals surface area contributed by atoms with Crippen molar-refractivity contribution in [2.75, 3.05) is 0 Å². The fourth-order valence-electron chi connectivity index (χ4n) is 1.73. The number of cyclic esters (lactones) is 1. The van der Waals surface area contributed by atoms with Gasteiger partial charge in [-0.25, -0.2) is 4.79 Å². The van der Waals surface area contributed by atoms with Crippen LogP contribution in [0.4, 0.5) is 0 Å². The molecule has 2 unspecified atom stereocenters. The van der Waals surface area contributed by atoms with E-state index in [9.17, 15) is 4.79 Å². The lowest BCUT2D eigenvalue weighted by Crippen LogP contribution is -2.38. The molecule has 0 bridgehead atoms. The maximum atomic E-state index is 11.6. The predicted octanol–water partition coefficient (Wildman–Crippen LogP) is 2.90. The van der Waals surface area contributed by atoms with E-state index >= 15 is 0 Å². The van der Waals surface area contributed by atoms with Crippen LogP contribution in [-0.4, -0.2) is 18.4 Å². The van der Waals surface area contributed by atoms with Crippen molar-refractivity contribution in [2.24, 2.45) is 11.8 Å². The molecule has 1 fully saturated rings. The number of ether oxygens (including phenoxy) is 2. The third-order valence-electron chi connectivity index (χ3n) is 2.55. The van der Waals surface area contributed by atoms with Crippen LogP contribution < -0.4 is 0 Å². The molecule has 0 aromatic carbocycles. The standard InChI is InChI=1S/C13H22O3/c1-8(2)6-11-10(5)13(14)16-12(15-11)7-9(3)4/h8-9,11-12H,5-7H2,1-4H3. The van der Waals surface area contributed by atoms with E-state index < -0.39 is 6.29 Å². The van der Waals surface area contributed by atoms with Gasteiger partial charge in [0, 0.05) is 6.42 Å². The third kappa shape index (κ3) is 3.63. The molecule has 1 aliphatic rings. The van der Waals surface area contributed by atoms with Crippen molar-refractivity contribution in [2.45, 2.75) is 52.9 Å². The van der Waals surface area contributed by atoms with Gasteiger partial charge in [-0.3, -0.25) is 0 Å². The van der Waals surface area contributed by atoms with Gasteiger partial charge in [-0.1, -0.05) is 34.3 Å². The quantitative estimate of drug-likeness (QED) is 0.546. The minimum absolute atomic E-state index is 0.176. The van der Waals surface area contributed by atoms with Crippen LogP contribution in [0.1, 0.15) is 40.5 Å². The van der Waals surface area contributed by atoms with Gasteiger partial charge in [-0.15, -0.1) is 0 Å². The van der Waals surface area contributed by atoms with Gasteiger partial charge >= 0.3 is 5.97 Å². The molecule has 1 heterocycles. The first kappa shape index (κ1) is 13.2. The number of hydrogen-bond donors (Lipinski definition) is 0. The Labute approximate surface area is 97.8 Å². The summed E-state index contributed by atoms with van der Waals surface area (Å²) >= 11 is 0. The molecule has 1 saturated heterocycles. The molecule has 1 rings (SSSR count). The normalized spacial score (nSPS) is 26.4. The average Bonchev–Trinajstić information content (AvgIpc) is 2.11. The van der Waals surface area contributed by atoms with Crippen molar-refractivity contribution in [3.63, 3.8) is 0 Å². The topological polar surface area (TPSA) is 35.5 Å². The van der Waals surface area contributed by atoms with Gasteiger partial charge in [0.15, 0.2) is 0 Å². The molecule has 1 aliphatic heterocycles. The molecular weight excluding hydrogens is 204 g/mol. The highest BCUT2D eigenvalue weighted by Gasteiger charge is 2.33. The van der Waals surface area contributed by atoms with Crippen LogP contribution in [0.5, 0.6) is 0 Å². The van der Waals surface area contributed by atoms with E-state index in [1.165, 1.54) is 0 Å². The van der Waals surface area contributed by atoms with Crippen molar-refractivity contribution in [1.82, 2.24) is 0 Å². The van der Waals surface area contributed by atoms with Crippen molar-refractivity contribution in [1.29, 1.82) is 0 Å². The highest BCUT2D eigenvalue weighted by atomic mass is 16.7. The van der Waals surface area contributed by atoms with Gasteiger partial charge in [-0.2, -0.15) is 0 Å². The summed E-state index contributed by atoms with van der Waals surface area (Å²) in [4.78, 5) is 11.6. The van der Waals surface area contributed by atoms with Gasteiger partial charge in [0.1, 0.15) is 0 Å². The molecule has 0 radical (unpaired) electrons. The Bertz CT molecular complexity index is 268. The number of esters is 1. The van der Waals surface area contributed by atoms with Crippen LogP contribution in [0, 0.1) is 11.8 Å². The molecule has 16 heavy (non-hydrogen) atoms. The van der Waals surface area contributed by atoms with E-state index in [-0.39, 0.29) is 12.1 Å². The monoisotopic (exact) mass is 226 g/mol. The molecule has 0 aromatic heterocycles. The first-order valence-corrected chi connectivity index (χ1v) is 5.95. The summed E-state index contributed by atoms with van der Waals surface area (Å²) in [5, 5.41) is 0. The van der Waals surface area contributed by atoms with Crippen LogP contribution >= 0.6 is 0 Å². The maximum absolute atomic E-state index is 11.6. The zero-order valence-corrected chi connectivity index (χ0v) is 10.7. The van der Waals surface area contributed by atoms with Crippen LogP contribution in [0.2, 0.25) is 0 Å². The predicted molar refractivity (Wildman–Crippen MR) is 62.8 cm³/mol. The highest BCUT2D eigenvalue weighted by molar-refractivity contribution is 5.89. The Morgan fingerprint density at radius 3 is 2.25 bits per heavy atom. The summed E-state index contributed by atoms with van der Waals surface area (Å²) in [7, 11) is 0. The molecule has 0 spiro atoms. The zero-order valence-electron chi connectivity index (χ0n) is 10.7. The second-order valence-electron chi connectivity index (χ2n) is 5.24. The molecule has 2 atom stereocenters. The number of carbonyl (C=O) groups is 1. The van der Waals surface area contributed by atoms with Gasteiger partial charge in [-0.05, 0) is 18.3 Å². The summed E-state index contributed by atoms with van der Waals surface area (Å²) in [6.07, 6.45) is 0.989. The largest absolute Gasteiger partial charge is 0.432 e. The van der Waals surface area contributed by atoms with Crippen LogP contribution in [0.3, 0.4) is 0 Å². The van der Waals surface area contributed by atoms with E-state index in [2.05, 4.69) is 34.3 Å². The summed E-state index contributed by atoms with van der Waals surface area (Å²) in [5.41, 5.74) is 0.453. The minimum atomic E-state index is -0.401. The Morgan fingerprint density at radius 2 is 1.75 bits per heavy atom. The lowest BCUT2D eigenvalue weighted by atomic mass is 9.99. The maximum Gasteiger partial charge on any atom is 0.338 e. The minimum Gasteiger partial charge on any atom is -0.432 e. The first-order valence-electron chi connectivity index (χ1n) is 5.95. The fourth-order valence-corrected chi connectivity index (χ4v) is 1.73. The molecule has 92 valence electrons. The Hall–Kier alpha value is -0.830. The first-order chi connectivity index (χ1) is 7.40. The van der Waals surface area contributed by atoms with Crippen molar-refractivity contribution >= 4 is 5.97 Å². The second kappa shape index (κ2) is 5.48. The number of rotatable bonds is 4. The second-order valence-corrected chi connectivity index (χ2v) is 5.24. The molecule has 3 nitrogen and oxygen atoms in total. The number of hydrogen-bond acceptors (Lipinski definition) is 3. The Kier molecular flexibility index (Phi) is 4.54. The van der Waals surface area contributed by atoms with E-state index in [0.717, 1.165) is 12.8 Å². The van der Waals surface area contributed by atoms with Gasteiger partial charge in [0.05, 0.1) is 11.7 Å². The SMILES string of the molecule is C=C1C(=O)OC(CC(C)C)OC1CC(C)C. The van der Waals surface area contributed by atoms with E-state index in [1.54, 1.807) is 0 Å². The fraction of sp³-hybridized carbons (Fsp3) is 0.769. The number of carbonyl (C=O) groups excluding carboxylic acids is 1. The van der Waals surface area contributed by atoms with Crippen molar-refractivity contribution in [3.8, 4) is 0 Å². The summed E-state index contributed by atoms with van der Waals surface area (Å²) in [6, 6.07) is 0. The van der Waals surface area contributed by atoms with Crippen molar-refractivity contribution < 1.29 is 14.3 Å². The Morgan fingerprint density at radius 1 is 1.19 bits per heavy atom. The Balaban J connectivity index is 2.61. The summed E-state index contributed by atoms with van der Waals surface area (Å²) in [6.45, 7) is 12.1. The van der Waals surface area contributed by atoms with E-state index in [4.69, 9.17) is 9.47 Å².